The lowest BCUT2D eigenvalue weighted by Gasteiger charge is -2.38. The van der Waals surface area contributed by atoms with Crippen LogP contribution in [0.3, 0.4) is 0 Å². The number of phenols is 1. The largest absolute Gasteiger partial charge is 0.508 e. The van der Waals surface area contributed by atoms with E-state index in [9.17, 15) is 9.90 Å². The van der Waals surface area contributed by atoms with E-state index < -0.39 is 0 Å². The number of benzene rings is 1. The van der Waals surface area contributed by atoms with Crippen LogP contribution in [0.2, 0.25) is 0 Å². The number of amides is 1. The van der Waals surface area contributed by atoms with Crippen molar-refractivity contribution in [2.24, 2.45) is 7.05 Å². The molecular formula is C19H23N3O3. The average Bonchev–Trinajstić information content (AvgIpc) is 3.22. The molecule has 2 saturated heterocycles. The SMILES string of the molecule is Cn1cc(C2COC3(CCN(C(=O)c4cccc(O)c4)CC3)C2)cn1. The third-order valence-corrected chi connectivity index (χ3v) is 5.46. The molecule has 1 aromatic heterocycles. The first kappa shape index (κ1) is 16.1. The predicted molar refractivity (Wildman–Crippen MR) is 92.5 cm³/mol. The number of hydrogen-bond donors (Lipinski definition) is 1. The molecule has 0 bridgehead atoms. The molecule has 0 aliphatic carbocycles. The molecular weight excluding hydrogens is 318 g/mol. The maximum absolute atomic E-state index is 12.6. The first-order valence-corrected chi connectivity index (χ1v) is 8.75. The molecule has 25 heavy (non-hydrogen) atoms. The Labute approximate surface area is 147 Å². The zero-order valence-electron chi connectivity index (χ0n) is 14.4. The second kappa shape index (κ2) is 6.19. The van der Waals surface area contributed by atoms with Gasteiger partial charge in [0.2, 0.25) is 0 Å². The van der Waals surface area contributed by atoms with Crippen molar-refractivity contribution in [2.75, 3.05) is 19.7 Å². The fourth-order valence-corrected chi connectivity index (χ4v) is 4.00. The van der Waals surface area contributed by atoms with E-state index >= 15 is 0 Å². The van der Waals surface area contributed by atoms with Crippen LogP contribution in [0.5, 0.6) is 5.75 Å². The van der Waals surface area contributed by atoms with Crippen molar-refractivity contribution in [3.05, 3.63) is 47.8 Å². The summed E-state index contributed by atoms with van der Waals surface area (Å²) in [6.45, 7) is 2.11. The molecule has 2 aromatic rings. The van der Waals surface area contributed by atoms with Crippen molar-refractivity contribution in [1.82, 2.24) is 14.7 Å². The summed E-state index contributed by atoms with van der Waals surface area (Å²) in [7, 11) is 1.93. The molecule has 1 N–H and O–H groups in total. The Morgan fingerprint density at radius 1 is 1.36 bits per heavy atom. The summed E-state index contributed by atoms with van der Waals surface area (Å²) >= 11 is 0. The second-order valence-electron chi connectivity index (χ2n) is 7.18. The maximum Gasteiger partial charge on any atom is 0.253 e. The number of hydrogen-bond acceptors (Lipinski definition) is 4. The number of rotatable bonds is 2. The minimum atomic E-state index is -0.115. The Morgan fingerprint density at radius 3 is 2.84 bits per heavy atom. The monoisotopic (exact) mass is 341 g/mol. The van der Waals surface area contributed by atoms with Crippen molar-refractivity contribution >= 4 is 5.91 Å². The Balaban J connectivity index is 1.39. The van der Waals surface area contributed by atoms with E-state index in [1.807, 2.05) is 22.8 Å². The molecule has 2 aliphatic rings. The van der Waals surface area contributed by atoms with Crippen LogP contribution in [0.25, 0.3) is 0 Å². The van der Waals surface area contributed by atoms with E-state index in [4.69, 9.17) is 4.74 Å². The number of carbonyl (C=O) groups is 1. The van der Waals surface area contributed by atoms with Gasteiger partial charge in [0, 0.05) is 37.8 Å². The maximum atomic E-state index is 12.6. The zero-order valence-corrected chi connectivity index (χ0v) is 14.4. The molecule has 0 radical (unpaired) electrons. The molecule has 132 valence electrons. The lowest BCUT2D eigenvalue weighted by Crippen LogP contribution is -2.46. The number of carbonyl (C=O) groups excluding carboxylic acids is 1. The minimum Gasteiger partial charge on any atom is -0.508 e. The first-order valence-electron chi connectivity index (χ1n) is 8.75. The summed E-state index contributed by atoms with van der Waals surface area (Å²) in [5.74, 6) is 0.493. The number of aryl methyl sites for hydroxylation is 1. The fourth-order valence-electron chi connectivity index (χ4n) is 4.00. The quantitative estimate of drug-likeness (QED) is 0.910. The van der Waals surface area contributed by atoms with E-state index in [0.717, 1.165) is 25.9 Å². The highest BCUT2D eigenvalue weighted by atomic mass is 16.5. The number of aromatic nitrogens is 2. The van der Waals surface area contributed by atoms with Crippen molar-refractivity contribution in [3.63, 3.8) is 0 Å². The Bertz CT molecular complexity index is 778. The van der Waals surface area contributed by atoms with E-state index in [1.165, 1.54) is 11.6 Å². The van der Waals surface area contributed by atoms with Crippen LogP contribution in [0.4, 0.5) is 0 Å². The molecule has 2 fully saturated rings. The van der Waals surface area contributed by atoms with Gasteiger partial charge in [-0.25, -0.2) is 0 Å². The number of ether oxygens (including phenoxy) is 1. The van der Waals surface area contributed by atoms with Gasteiger partial charge in [-0.15, -0.1) is 0 Å². The number of piperidine rings is 1. The van der Waals surface area contributed by atoms with Crippen molar-refractivity contribution in [1.29, 1.82) is 0 Å². The molecule has 3 heterocycles. The normalized spacial score (nSPS) is 22.4. The summed E-state index contributed by atoms with van der Waals surface area (Å²) in [5.41, 5.74) is 1.66. The van der Waals surface area contributed by atoms with E-state index in [0.29, 0.717) is 24.6 Å². The number of likely N-dealkylation sites (tertiary alicyclic amines) is 1. The van der Waals surface area contributed by atoms with Gasteiger partial charge in [0.1, 0.15) is 5.75 Å². The molecule has 4 rings (SSSR count). The van der Waals surface area contributed by atoms with Crippen LogP contribution >= 0.6 is 0 Å². The summed E-state index contributed by atoms with van der Waals surface area (Å²) in [5, 5.41) is 13.8. The van der Waals surface area contributed by atoms with Crippen LogP contribution in [-0.2, 0) is 11.8 Å². The molecule has 6 heteroatoms. The molecule has 1 amide bonds. The third kappa shape index (κ3) is 3.14. The zero-order chi connectivity index (χ0) is 17.4. The molecule has 1 atom stereocenters. The predicted octanol–water partition coefficient (Wildman–Crippen LogP) is 2.30. The van der Waals surface area contributed by atoms with Gasteiger partial charge in [0.15, 0.2) is 0 Å². The van der Waals surface area contributed by atoms with Crippen molar-refractivity contribution in [3.8, 4) is 5.75 Å². The minimum absolute atomic E-state index is 0.0208. The van der Waals surface area contributed by atoms with Crippen LogP contribution in [0.15, 0.2) is 36.7 Å². The van der Waals surface area contributed by atoms with Gasteiger partial charge < -0.3 is 14.7 Å². The smallest absolute Gasteiger partial charge is 0.253 e. The van der Waals surface area contributed by atoms with Gasteiger partial charge in [-0.3, -0.25) is 9.48 Å². The third-order valence-electron chi connectivity index (χ3n) is 5.46. The van der Waals surface area contributed by atoms with Gasteiger partial charge in [0.25, 0.3) is 5.91 Å². The fraction of sp³-hybridized carbons (Fsp3) is 0.474. The van der Waals surface area contributed by atoms with E-state index in [2.05, 4.69) is 11.3 Å². The molecule has 1 unspecified atom stereocenters. The van der Waals surface area contributed by atoms with Crippen LogP contribution < -0.4 is 0 Å². The molecule has 6 nitrogen and oxygen atoms in total. The van der Waals surface area contributed by atoms with Crippen LogP contribution in [0.1, 0.15) is 41.1 Å². The van der Waals surface area contributed by atoms with Crippen LogP contribution in [-0.4, -0.2) is 51.0 Å². The van der Waals surface area contributed by atoms with Gasteiger partial charge in [0.05, 0.1) is 18.4 Å². The standard InChI is InChI=1S/C19H23N3O3/c1-21-12-16(11-20-21)15-10-19(25-13-15)5-7-22(8-6-19)18(24)14-3-2-4-17(23)9-14/h2-4,9,11-12,15,23H,5-8,10,13H2,1H3. The number of aromatic hydroxyl groups is 1. The highest BCUT2D eigenvalue weighted by Gasteiger charge is 2.44. The molecule has 1 spiro atoms. The van der Waals surface area contributed by atoms with Crippen molar-refractivity contribution in [2.45, 2.75) is 30.8 Å². The Hall–Kier alpha value is -2.34. The van der Waals surface area contributed by atoms with Gasteiger partial charge in [-0.05, 0) is 43.0 Å². The van der Waals surface area contributed by atoms with E-state index in [-0.39, 0.29) is 17.3 Å². The summed E-state index contributed by atoms with van der Waals surface area (Å²) < 4.78 is 8.03. The molecule has 2 aliphatic heterocycles. The summed E-state index contributed by atoms with van der Waals surface area (Å²) in [6.07, 6.45) is 6.69. The van der Waals surface area contributed by atoms with Gasteiger partial charge >= 0.3 is 0 Å². The first-order chi connectivity index (χ1) is 12.0. The van der Waals surface area contributed by atoms with Crippen molar-refractivity contribution < 1.29 is 14.6 Å². The summed E-state index contributed by atoms with van der Waals surface area (Å²) in [4.78, 5) is 14.5. The average molecular weight is 341 g/mol. The highest BCUT2D eigenvalue weighted by Crippen LogP contribution is 2.42. The highest BCUT2D eigenvalue weighted by molar-refractivity contribution is 5.94. The number of nitrogens with zero attached hydrogens (tertiary/aromatic N) is 3. The van der Waals surface area contributed by atoms with Gasteiger partial charge in [-0.1, -0.05) is 6.07 Å². The lowest BCUT2D eigenvalue weighted by molar-refractivity contribution is -0.0388. The Morgan fingerprint density at radius 2 is 2.16 bits per heavy atom. The number of phenolic OH excluding ortho intramolecular Hbond substituents is 1. The van der Waals surface area contributed by atoms with E-state index in [1.54, 1.807) is 18.2 Å². The van der Waals surface area contributed by atoms with Gasteiger partial charge in [-0.2, -0.15) is 5.10 Å². The summed E-state index contributed by atoms with van der Waals surface area (Å²) in [6, 6.07) is 6.55. The topological polar surface area (TPSA) is 67.6 Å². The second-order valence-corrected chi connectivity index (χ2v) is 7.18. The lowest BCUT2D eigenvalue weighted by atomic mass is 9.83. The molecule has 0 saturated carbocycles. The molecule has 1 aromatic carbocycles. The van der Waals surface area contributed by atoms with Crippen LogP contribution in [0, 0.1) is 0 Å². The Kier molecular flexibility index (Phi) is 4.00.